The molecule has 13 heteroatoms. The van der Waals surface area contributed by atoms with Gasteiger partial charge >= 0.3 is 4.87 Å². The molecule has 1 N–H and O–H groups in total. The number of hydrogen-bond donors (Lipinski definition) is 1. The summed E-state index contributed by atoms with van der Waals surface area (Å²) in [6, 6.07) is 17.5. The number of ether oxygens (including phenoxy) is 1. The number of aromatic amines is 1. The Labute approximate surface area is 244 Å². The topological polar surface area (TPSA) is 123 Å². The highest BCUT2D eigenvalue weighted by Crippen LogP contribution is 2.54. The van der Waals surface area contributed by atoms with Crippen molar-refractivity contribution >= 4 is 69.5 Å². The molecule has 3 atom stereocenters. The number of non-ortho nitro benzene ring substituents is 1. The van der Waals surface area contributed by atoms with Crippen molar-refractivity contribution in [3.05, 3.63) is 113 Å². The molecule has 0 unspecified atom stereocenters. The first kappa shape index (κ1) is 26.6. The number of halogens is 2. The van der Waals surface area contributed by atoms with E-state index in [2.05, 4.69) is 4.98 Å². The highest BCUT2D eigenvalue weighted by atomic mass is 35.5. The van der Waals surface area contributed by atoms with Gasteiger partial charge in [-0.05, 0) is 48.0 Å². The predicted molar refractivity (Wildman–Crippen MR) is 153 cm³/mol. The number of nitrogens with zero attached hydrogens (tertiary/aromatic N) is 2. The second-order valence-corrected chi connectivity index (χ2v) is 12.2. The molecule has 0 aliphatic carbocycles. The average Bonchev–Trinajstić information content (AvgIpc) is 3.42. The number of amides is 2. The first-order chi connectivity index (χ1) is 19.2. The maximum Gasteiger partial charge on any atom is 0.305 e. The molecule has 3 aromatic carbocycles. The number of rotatable bonds is 6. The fourth-order valence-corrected chi connectivity index (χ4v) is 7.91. The van der Waals surface area contributed by atoms with Crippen molar-refractivity contribution in [2.24, 2.45) is 5.92 Å². The van der Waals surface area contributed by atoms with Gasteiger partial charge in [0.2, 0.25) is 11.8 Å². The molecular weight excluding hydrogens is 597 g/mol. The number of fused-ring (bicyclic) bond motifs is 2. The lowest BCUT2D eigenvalue weighted by Crippen LogP contribution is -2.32. The molecule has 40 heavy (non-hydrogen) atoms. The summed E-state index contributed by atoms with van der Waals surface area (Å²) in [6.45, 7) is 0.183. The quantitative estimate of drug-likeness (QED) is 0.160. The fourth-order valence-electron chi connectivity index (χ4n) is 5.01. The molecule has 2 aliphatic heterocycles. The minimum atomic E-state index is -0.876. The summed E-state index contributed by atoms with van der Waals surface area (Å²) in [5.41, 5.74) is 1.46. The van der Waals surface area contributed by atoms with Gasteiger partial charge in [-0.25, -0.2) is 4.90 Å². The lowest BCUT2D eigenvalue weighted by Gasteiger charge is -2.31. The van der Waals surface area contributed by atoms with E-state index < -0.39 is 33.8 Å². The molecule has 9 nitrogen and oxygen atoms in total. The summed E-state index contributed by atoms with van der Waals surface area (Å²) in [5, 5.41) is 11.7. The van der Waals surface area contributed by atoms with Crippen LogP contribution in [0.4, 0.5) is 11.4 Å². The molecule has 2 aliphatic rings. The Kier molecular flexibility index (Phi) is 6.91. The number of imide groups is 1. The third kappa shape index (κ3) is 4.68. The van der Waals surface area contributed by atoms with Crippen LogP contribution in [-0.2, 0) is 16.2 Å². The summed E-state index contributed by atoms with van der Waals surface area (Å²) in [7, 11) is 0. The van der Waals surface area contributed by atoms with E-state index >= 15 is 0 Å². The lowest BCUT2D eigenvalue weighted by atomic mass is 9.82. The van der Waals surface area contributed by atoms with Crippen LogP contribution in [0.25, 0.3) is 0 Å². The second-order valence-electron chi connectivity index (χ2n) is 9.14. The Morgan fingerprint density at radius 3 is 2.45 bits per heavy atom. The lowest BCUT2D eigenvalue weighted by molar-refractivity contribution is -0.384. The Morgan fingerprint density at radius 1 is 0.975 bits per heavy atom. The van der Waals surface area contributed by atoms with Crippen molar-refractivity contribution in [3.8, 4) is 5.75 Å². The van der Waals surface area contributed by atoms with Gasteiger partial charge in [0.1, 0.15) is 17.6 Å². The van der Waals surface area contributed by atoms with Gasteiger partial charge < -0.3 is 9.72 Å². The van der Waals surface area contributed by atoms with Crippen LogP contribution in [0.2, 0.25) is 10.0 Å². The molecule has 0 radical (unpaired) electrons. The number of hydrogen-bond acceptors (Lipinski definition) is 8. The minimum Gasteiger partial charge on any atom is -0.489 e. The van der Waals surface area contributed by atoms with Crippen LogP contribution < -0.4 is 14.5 Å². The van der Waals surface area contributed by atoms with Crippen LogP contribution >= 0.6 is 46.3 Å². The smallest absolute Gasteiger partial charge is 0.305 e. The molecule has 1 saturated heterocycles. The number of nitro benzene ring substituents is 1. The first-order valence-corrected chi connectivity index (χ1v) is 14.3. The van der Waals surface area contributed by atoms with Crippen molar-refractivity contribution < 1.29 is 19.2 Å². The van der Waals surface area contributed by atoms with E-state index in [4.69, 9.17) is 27.9 Å². The van der Waals surface area contributed by atoms with Gasteiger partial charge in [-0.15, -0.1) is 0 Å². The van der Waals surface area contributed by atoms with Gasteiger partial charge in [0.05, 0.1) is 21.6 Å². The predicted octanol–water partition coefficient (Wildman–Crippen LogP) is 6.03. The Hall–Kier alpha value is -3.64. The fraction of sp³-hybridized carbons (Fsp3) is 0.148. The number of nitrogens with one attached hydrogen (secondary N) is 1. The Morgan fingerprint density at radius 2 is 1.73 bits per heavy atom. The molecule has 2 amide bonds. The number of carbonyl (C=O) groups excluding carboxylic acids is 2. The second kappa shape index (κ2) is 10.4. The van der Waals surface area contributed by atoms with Crippen molar-refractivity contribution in [2.45, 2.75) is 22.8 Å². The van der Waals surface area contributed by atoms with E-state index in [1.165, 1.54) is 24.3 Å². The zero-order valence-corrected chi connectivity index (χ0v) is 23.4. The number of aromatic nitrogens is 1. The van der Waals surface area contributed by atoms with E-state index in [1.807, 2.05) is 12.1 Å². The van der Waals surface area contributed by atoms with Gasteiger partial charge in [-0.2, -0.15) is 0 Å². The summed E-state index contributed by atoms with van der Waals surface area (Å²) in [5.74, 6) is -2.09. The van der Waals surface area contributed by atoms with Crippen LogP contribution in [0.3, 0.4) is 0 Å². The number of H-pyrrole nitrogens is 1. The summed E-state index contributed by atoms with van der Waals surface area (Å²) in [6.07, 6.45) is 0. The summed E-state index contributed by atoms with van der Waals surface area (Å²) in [4.78, 5) is 54.8. The van der Waals surface area contributed by atoms with E-state index in [0.717, 1.165) is 33.6 Å². The largest absolute Gasteiger partial charge is 0.489 e. The third-order valence-corrected chi connectivity index (χ3v) is 9.60. The summed E-state index contributed by atoms with van der Waals surface area (Å²) < 4.78 is 6.18. The zero-order valence-electron chi connectivity index (χ0n) is 20.2. The SMILES string of the molecule is O=C1[C@H]2[C@H](c3cc(Cl)ccc3OCc3cccc(Cl)c3)c3sc(=O)[nH]c3S[C@H]2C(=O)N1c1ccc([N+](=O)[O-])cc1. The van der Waals surface area contributed by atoms with Gasteiger partial charge in [0.15, 0.2) is 0 Å². The van der Waals surface area contributed by atoms with E-state index in [-0.39, 0.29) is 22.9 Å². The molecule has 0 saturated carbocycles. The number of thioether (sulfide) groups is 1. The molecule has 3 heterocycles. The minimum absolute atomic E-state index is 0.160. The molecule has 6 rings (SSSR count). The molecule has 202 valence electrons. The van der Waals surface area contributed by atoms with Gasteiger partial charge in [0.25, 0.3) is 5.69 Å². The zero-order chi connectivity index (χ0) is 28.1. The van der Waals surface area contributed by atoms with Crippen LogP contribution in [0.5, 0.6) is 5.75 Å². The molecule has 0 spiro atoms. The third-order valence-electron chi connectivity index (χ3n) is 6.73. The molecule has 0 bridgehead atoms. The van der Waals surface area contributed by atoms with Gasteiger partial charge in [-0.1, -0.05) is 58.4 Å². The van der Waals surface area contributed by atoms with E-state index in [9.17, 15) is 24.5 Å². The molecule has 1 aromatic heterocycles. The summed E-state index contributed by atoms with van der Waals surface area (Å²) >= 11 is 14.6. The van der Waals surface area contributed by atoms with Crippen molar-refractivity contribution in [1.29, 1.82) is 0 Å². The van der Waals surface area contributed by atoms with Gasteiger partial charge in [-0.3, -0.25) is 24.5 Å². The first-order valence-electron chi connectivity index (χ1n) is 11.9. The van der Waals surface area contributed by atoms with Crippen LogP contribution in [-0.4, -0.2) is 27.0 Å². The van der Waals surface area contributed by atoms with E-state index in [1.54, 1.807) is 30.3 Å². The highest BCUT2D eigenvalue weighted by Gasteiger charge is 2.56. The monoisotopic (exact) mass is 613 g/mol. The van der Waals surface area contributed by atoms with Crippen molar-refractivity contribution in [2.75, 3.05) is 4.90 Å². The number of benzene rings is 3. The van der Waals surface area contributed by atoms with Crippen molar-refractivity contribution in [1.82, 2.24) is 4.98 Å². The molecule has 4 aromatic rings. The molecule has 1 fully saturated rings. The maximum absolute atomic E-state index is 14.0. The standard InChI is InChI=1S/C27H17Cl2N3O6S2/c28-14-3-1-2-13(10-14)12-38-19-9-4-15(29)11-18(19)20-21-23(39-24-22(20)40-27(35)30-24)26(34)31(25(21)33)16-5-7-17(8-6-16)32(36)37/h1-11,20-21,23H,12H2,(H,30,35)/t20-,21-,23+/m0/s1. The van der Waals surface area contributed by atoms with Gasteiger partial charge in [0, 0.05) is 38.5 Å². The van der Waals surface area contributed by atoms with Crippen LogP contribution in [0, 0.1) is 16.0 Å². The van der Waals surface area contributed by atoms with Crippen LogP contribution in [0.1, 0.15) is 21.9 Å². The Bertz CT molecular complexity index is 1740. The normalized spacial score (nSPS) is 19.9. The van der Waals surface area contributed by atoms with Crippen molar-refractivity contribution in [3.63, 3.8) is 0 Å². The number of carbonyl (C=O) groups is 2. The maximum atomic E-state index is 14.0. The van der Waals surface area contributed by atoms with E-state index in [0.29, 0.717) is 31.3 Å². The Balaban J connectivity index is 1.43. The molecular formula is C27H17Cl2N3O6S2. The average molecular weight is 614 g/mol. The highest BCUT2D eigenvalue weighted by molar-refractivity contribution is 8.00. The number of nitro groups is 1. The van der Waals surface area contributed by atoms with Crippen LogP contribution in [0.15, 0.2) is 76.6 Å². The number of thiazole rings is 1. The number of anilines is 1.